The SMILES string of the molecule is C[C@@H](Oc1cc(-c2ccccc2)cc2ncn(C3CC3)c12)[C@H]1CNC(=O)C1.C[C@@H](Oc1cc(Br)cc2ncn(C3CC3)c12)[C@H]1CNC(=O)C1.OB(O)c1ccccc1.[Pd].c1ccc(P(c2ccccc2)c2ccccc2)cc1.c1ccc(P(c2ccccc2)c2ccccc2)cc1.c1ccc(P(c2ccccc2)c2ccccc2)cc1.c1ccc(P(c2ccccc2)c2ccccc2)cc1. The van der Waals surface area contributed by atoms with Crippen LogP contribution >= 0.6 is 47.6 Å². The van der Waals surface area contributed by atoms with Crippen LogP contribution in [0.25, 0.3) is 33.2 Å². The molecule has 4 aliphatic rings. The Bertz CT molecular complexity index is 5770. The Hall–Kier alpha value is -12.2. The fourth-order valence-corrected chi connectivity index (χ4v) is 26.0. The van der Waals surface area contributed by atoms with Crippen LogP contribution in [0, 0.1) is 11.8 Å². The minimum Gasteiger partial charge on any atom is -0.488 e. The van der Waals surface area contributed by atoms with Gasteiger partial charge in [-0.25, -0.2) is 9.97 Å². The molecule has 19 heteroatoms. The number of carbonyl (C=O) groups excluding carboxylic acids is 2. The number of nitrogens with one attached hydrogen (secondary N) is 2. The molecule has 678 valence electrons. The van der Waals surface area contributed by atoms with E-state index in [-0.39, 0.29) is 56.3 Å². The van der Waals surface area contributed by atoms with Crippen LogP contribution in [0.2, 0.25) is 0 Å². The maximum Gasteiger partial charge on any atom is 0.488 e. The first-order valence-electron chi connectivity index (χ1n) is 45.7. The molecule has 2 saturated heterocycles. The third-order valence-electron chi connectivity index (χ3n) is 23.5. The van der Waals surface area contributed by atoms with Crippen molar-refractivity contribution in [2.45, 2.75) is 76.7 Å². The summed E-state index contributed by atoms with van der Waals surface area (Å²) in [5.74, 6) is 2.36. The Morgan fingerprint density at radius 1 is 0.326 bits per heavy atom. The van der Waals surface area contributed by atoms with Crippen LogP contribution in [-0.2, 0) is 30.0 Å². The van der Waals surface area contributed by atoms with Gasteiger partial charge in [0.15, 0.2) is 0 Å². The third kappa shape index (κ3) is 27.2. The number of aromatic nitrogens is 4. The summed E-state index contributed by atoms with van der Waals surface area (Å²) >= 11 is 3.53. The maximum atomic E-state index is 11.6. The Morgan fingerprint density at radius 2 is 0.556 bits per heavy atom. The number of benzene rings is 16. The summed E-state index contributed by atoms with van der Waals surface area (Å²) in [7, 11) is -3.13. The molecule has 12 nitrogen and oxygen atoms in total. The fourth-order valence-electron chi connectivity index (χ4n) is 16.3. The summed E-state index contributed by atoms with van der Waals surface area (Å²) in [5, 5.41) is 39.7. The molecule has 22 rings (SSSR count). The van der Waals surface area contributed by atoms with E-state index in [0.29, 0.717) is 43.5 Å². The number of nitrogens with zero attached hydrogens (tertiary/aromatic N) is 4. The zero-order valence-corrected chi connectivity index (χ0v) is 82.1. The number of ether oxygens (including phenoxy) is 2. The van der Waals surface area contributed by atoms with Crippen molar-refractivity contribution in [2.24, 2.45) is 11.8 Å². The van der Waals surface area contributed by atoms with Gasteiger partial charge in [0.25, 0.3) is 0 Å². The summed E-state index contributed by atoms with van der Waals surface area (Å²) in [5.41, 5.74) is 6.83. The van der Waals surface area contributed by atoms with Crippen LogP contribution in [0.15, 0.2) is 466 Å². The molecule has 0 spiro atoms. The maximum absolute atomic E-state index is 11.6. The molecule has 4 heterocycles. The normalized spacial score (nSPS) is 14.4. The molecule has 0 bridgehead atoms. The van der Waals surface area contributed by atoms with Gasteiger partial charge in [-0.3, -0.25) is 9.59 Å². The van der Waals surface area contributed by atoms with E-state index >= 15 is 0 Å². The van der Waals surface area contributed by atoms with Gasteiger partial charge in [-0.1, -0.05) is 441 Å². The van der Waals surface area contributed by atoms with E-state index in [4.69, 9.17) is 19.5 Å². The van der Waals surface area contributed by atoms with Crippen molar-refractivity contribution in [3.8, 4) is 22.6 Å². The van der Waals surface area contributed by atoms with Crippen LogP contribution in [-0.4, -0.2) is 73.4 Å². The molecule has 0 unspecified atom stereocenters. The number of hydrogen-bond acceptors (Lipinski definition) is 8. The number of hydrogen-bond donors (Lipinski definition) is 4. The Balaban J connectivity index is 0.000000121. The number of carbonyl (C=O) groups is 2. The van der Waals surface area contributed by atoms with Gasteiger partial charge in [0, 0.05) is 74.7 Å². The van der Waals surface area contributed by atoms with Crippen molar-refractivity contribution in [3.05, 3.63) is 466 Å². The summed E-state index contributed by atoms with van der Waals surface area (Å²) in [6.07, 6.45) is 9.67. The molecule has 2 amide bonds. The molecule has 4 N–H and O–H groups in total. The molecule has 2 aliphatic heterocycles. The molecule has 2 aromatic heterocycles. The minimum absolute atomic E-state index is 0. The predicted octanol–water partition coefficient (Wildman–Crippen LogP) is 20.1. The number of amides is 2. The molecule has 2 aliphatic carbocycles. The van der Waals surface area contributed by atoms with Gasteiger partial charge in [-0.05, 0) is 176 Å². The zero-order chi connectivity index (χ0) is 92.0. The third-order valence-corrected chi connectivity index (χ3v) is 33.7. The van der Waals surface area contributed by atoms with Crippen molar-refractivity contribution in [3.63, 3.8) is 0 Å². The van der Waals surface area contributed by atoms with Gasteiger partial charge in [-0.15, -0.1) is 0 Å². The van der Waals surface area contributed by atoms with E-state index in [1.807, 2.05) is 56.0 Å². The first kappa shape index (κ1) is 97.4. The molecule has 135 heavy (non-hydrogen) atoms. The van der Waals surface area contributed by atoms with Gasteiger partial charge in [0.05, 0.1) is 23.7 Å². The van der Waals surface area contributed by atoms with E-state index in [1.54, 1.807) is 24.3 Å². The Kier molecular flexibility index (Phi) is 36.0. The monoisotopic (exact) mass is 2000 g/mol. The van der Waals surface area contributed by atoms with E-state index in [9.17, 15) is 9.59 Å². The number of fused-ring (bicyclic) bond motifs is 2. The van der Waals surface area contributed by atoms with Crippen LogP contribution < -0.4 is 89.2 Å². The molecule has 16 aromatic carbocycles. The molecule has 4 atom stereocenters. The zero-order valence-electron chi connectivity index (χ0n) is 75.4. The predicted molar refractivity (Wildman–Crippen MR) is 568 cm³/mol. The van der Waals surface area contributed by atoms with E-state index in [0.717, 1.165) is 49.2 Å². The molecule has 4 fully saturated rings. The van der Waals surface area contributed by atoms with Gasteiger partial charge in [-0.2, -0.15) is 0 Å². The largest absolute Gasteiger partial charge is 0.488 e. The van der Waals surface area contributed by atoms with E-state index < -0.39 is 38.8 Å². The standard InChI is InChI=1S/C22H23N3O2.4C18H15P.C16H18BrN3O2.C6H7BO2.Pd/c1-14(17-11-21(26)23-12-17)27-20-10-16(15-5-3-2-4-6-15)9-19-22(20)25(13-24-19)18-7-8-18;4*1-4-10-16(11-5-1)19(17-12-6-2-7-13-17)18-14-8-3-9-15-18;1-9(10-4-15(21)18-7-10)22-14-6-11(17)5-13-16(14)20(8-19-13)12-2-3-12;8-7(9)6-4-2-1-3-5-6;/h2-6,9-10,13-14,17-18H,7-8,11-12H2,1H3,(H,23,26);4*1-15H;5-6,8-10,12H,2-4,7H2,1H3,(H,18,21);1-5,8-9H;/t14-,17-;;;;;9-,10-;;/m1....1../s1. The second-order valence-corrected chi connectivity index (χ2v) is 42.9. The summed E-state index contributed by atoms with van der Waals surface area (Å²) in [4.78, 5) is 32.2. The van der Waals surface area contributed by atoms with Crippen molar-refractivity contribution >= 4 is 158 Å². The van der Waals surface area contributed by atoms with Crippen LogP contribution in [0.4, 0.5) is 0 Å². The summed E-state index contributed by atoms with van der Waals surface area (Å²) < 4.78 is 18.1. The average molecular weight is 2000 g/mol. The summed E-state index contributed by atoms with van der Waals surface area (Å²) in [6.45, 7) is 5.47. The molecule has 0 radical (unpaired) electrons. The Labute approximate surface area is 820 Å². The molecular formula is C116H108BBrN6O6P4Pd. The quantitative estimate of drug-likeness (QED) is 0.0387. The second-order valence-electron chi connectivity index (χ2n) is 33.1. The average Bonchev–Trinajstić information content (AvgIpc) is 1.62. The second kappa shape index (κ2) is 49.9. The van der Waals surface area contributed by atoms with Crippen molar-refractivity contribution in [1.29, 1.82) is 0 Å². The topological polar surface area (TPSA) is 153 Å². The molecule has 2 saturated carbocycles. The van der Waals surface area contributed by atoms with Gasteiger partial charge in [0.1, 0.15) is 34.7 Å². The number of halogens is 1. The van der Waals surface area contributed by atoms with E-state index in [1.165, 1.54) is 89.3 Å². The number of imidazole rings is 2. The molecular weight excluding hydrogens is 1890 g/mol. The first-order valence-corrected chi connectivity index (χ1v) is 51.9. The van der Waals surface area contributed by atoms with Crippen molar-refractivity contribution < 1.29 is 49.5 Å². The minimum atomic E-state index is -1.34. The molecule has 18 aromatic rings. The van der Waals surface area contributed by atoms with Crippen molar-refractivity contribution in [2.75, 3.05) is 13.1 Å². The van der Waals surface area contributed by atoms with E-state index in [2.05, 4.69) is 441 Å². The van der Waals surface area contributed by atoms with Crippen LogP contribution in [0.1, 0.15) is 64.5 Å². The summed E-state index contributed by atoms with van der Waals surface area (Å²) in [6, 6.07) is 158. The van der Waals surface area contributed by atoms with Crippen LogP contribution in [0.5, 0.6) is 11.5 Å². The van der Waals surface area contributed by atoms with Gasteiger partial charge in [0.2, 0.25) is 11.8 Å². The van der Waals surface area contributed by atoms with Gasteiger partial charge < -0.3 is 39.3 Å². The van der Waals surface area contributed by atoms with Crippen LogP contribution in [0.3, 0.4) is 0 Å². The van der Waals surface area contributed by atoms with Crippen molar-refractivity contribution in [1.82, 2.24) is 29.7 Å². The number of rotatable bonds is 22. The van der Waals surface area contributed by atoms with Gasteiger partial charge >= 0.3 is 7.12 Å². The smallest absolute Gasteiger partial charge is 0.488 e. The first-order chi connectivity index (χ1) is 65.9. The fraction of sp³-hybridized carbons (Fsp3) is 0.138. The Morgan fingerprint density at radius 3 is 0.778 bits per heavy atom.